The van der Waals surface area contributed by atoms with E-state index in [1.807, 2.05) is 6.92 Å². The first-order valence-corrected chi connectivity index (χ1v) is 8.13. The second-order valence-electron chi connectivity index (χ2n) is 4.61. The Morgan fingerprint density at radius 2 is 1.90 bits per heavy atom. The molecule has 0 N–H and O–H groups in total. The van der Waals surface area contributed by atoms with Crippen LogP contribution >= 0.6 is 39.1 Å². The van der Waals surface area contributed by atoms with Crippen molar-refractivity contribution in [2.45, 2.75) is 18.7 Å². The highest BCUT2D eigenvalue weighted by atomic mass is 79.9. The van der Waals surface area contributed by atoms with E-state index in [9.17, 15) is 4.39 Å². The number of rotatable bonds is 4. The molecule has 0 aliphatic rings. The molecule has 0 saturated carbocycles. The lowest BCUT2D eigenvalue weighted by Crippen LogP contribution is -1.98. The van der Waals surface area contributed by atoms with Gasteiger partial charge in [0.05, 0.1) is 16.5 Å². The Labute approximate surface area is 142 Å². The summed E-state index contributed by atoms with van der Waals surface area (Å²) in [7, 11) is 0. The largest absolute Gasteiger partial charge is 0.492 e. The SMILES string of the molecule is CCOc1cc(Cl)c(C(Br)c2ccc(F)c(C)c2)cc1Cl. The lowest BCUT2D eigenvalue weighted by atomic mass is 10.0. The van der Waals surface area contributed by atoms with Crippen molar-refractivity contribution < 1.29 is 9.13 Å². The number of benzene rings is 2. The average Bonchev–Trinajstić information content (AvgIpc) is 2.45. The molecule has 1 nitrogen and oxygen atoms in total. The molecule has 0 aliphatic carbocycles. The topological polar surface area (TPSA) is 9.23 Å². The van der Waals surface area contributed by atoms with Gasteiger partial charge in [0.15, 0.2) is 0 Å². The Morgan fingerprint density at radius 1 is 1.19 bits per heavy atom. The quantitative estimate of drug-likeness (QED) is 0.553. The Morgan fingerprint density at radius 3 is 2.52 bits per heavy atom. The zero-order chi connectivity index (χ0) is 15.6. The first kappa shape index (κ1) is 16.6. The van der Waals surface area contributed by atoms with Gasteiger partial charge in [0.2, 0.25) is 0 Å². The molecule has 5 heteroatoms. The smallest absolute Gasteiger partial charge is 0.139 e. The first-order chi connectivity index (χ1) is 9.93. The number of alkyl halides is 1. The summed E-state index contributed by atoms with van der Waals surface area (Å²) in [4.78, 5) is -0.169. The predicted molar refractivity (Wildman–Crippen MR) is 89.5 cm³/mol. The van der Waals surface area contributed by atoms with Crippen LogP contribution in [0.25, 0.3) is 0 Å². The van der Waals surface area contributed by atoms with Crippen LogP contribution in [-0.4, -0.2) is 6.61 Å². The fraction of sp³-hybridized carbons (Fsp3) is 0.250. The van der Waals surface area contributed by atoms with E-state index in [-0.39, 0.29) is 10.6 Å². The summed E-state index contributed by atoms with van der Waals surface area (Å²) in [6, 6.07) is 8.43. The van der Waals surface area contributed by atoms with Crippen LogP contribution in [0.5, 0.6) is 5.75 Å². The molecular weight excluding hydrogens is 378 g/mol. The zero-order valence-corrected chi connectivity index (χ0v) is 14.7. The fourth-order valence-corrected chi connectivity index (χ4v) is 3.29. The maximum Gasteiger partial charge on any atom is 0.139 e. The van der Waals surface area contributed by atoms with E-state index >= 15 is 0 Å². The summed E-state index contributed by atoms with van der Waals surface area (Å²) in [5, 5.41) is 1.05. The first-order valence-electron chi connectivity index (χ1n) is 6.46. The molecule has 0 aliphatic heterocycles. The van der Waals surface area contributed by atoms with Crippen LogP contribution in [0, 0.1) is 12.7 Å². The molecule has 0 aromatic heterocycles. The number of hydrogen-bond acceptors (Lipinski definition) is 1. The number of ether oxygens (including phenoxy) is 1. The summed E-state index contributed by atoms with van der Waals surface area (Å²) in [5.74, 6) is 0.331. The van der Waals surface area contributed by atoms with Gasteiger partial charge < -0.3 is 4.74 Å². The van der Waals surface area contributed by atoms with Crippen molar-refractivity contribution in [2.24, 2.45) is 0 Å². The lowest BCUT2D eigenvalue weighted by Gasteiger charge is -2.16. The summed E-state index contributed by atoms with van der Waals surface area (Å²) in [6.45, 7) is 4.13. The van der Waals surface area contributed by atoms with Gasteiger partial charge in [-0.05, 0) is 42.7 Å². The highest BCUT2D eigenvalue weighted by Gasteiger charge is 2.17. The highest BCUT2D eigenvalue weighted by molar-refractivity contribution is 9.09. The third-order valence-electron chi connectivity index (χ3n) is 3.10. The molecule has 2 aromatic rings. The van der Waals surface area contributed by atoms with E-state index in [0.29, 0.717) is 28.0 Å². The molecule has 2 aromatic carbocycles. The number of hydrogen-bond donors (Lipinski definition) is 0. The standard InChI is InChI=1S/C16H14BrCl2FO/c1-3-21-15-8-12(18)11(7-13(15)19)16(17)10-4-5-14(20)9(2)6-10/h4-8,16H,3H2,1-2H3. The van der Waals surface area contributed by atoms with E-state index in [1.165, 1.54) is 6.07 Å². The fourth-order valence-electron chi connectivity index (χ4n) is 2.01. The van der Waals surface area contributed by atoms with Crippen molar-refractivity contribution in [3.8, 4) is 5.75 Å². The predicted octanol–water partition coefficient (Wildman–Crippen LogP) is 6.32. The normalized spacial score (nSPS) is 12.3. The Bertz CT molecular complexity index is 661. The molecule has 0 radical (unpaired) electrons. The van der Waals surface area contributed by atoms with Gasteiger partial charge in [-0.2, -0.15) is 0 Å². The Balaban J connectivity index is 2.40. The minimum absolute atomic E-state index is 0.169. The second-order valence-corrected chi connectivity index (χ2v) is 6.34. The minimum atomic E-state index is -0.228. The van der Waals surface area contributed by atoms with Gasteiger partial charge in [-0.25, -0.2) is 4.39 Å². The van der Waals surface area contributed by atoms with Crippen LogP contribution in [0.1, 0.15) is 28.4 Å². The summed E-state index contributed by atoms with van der Waals surface area (Å²) >= 11 is 16.1. The summed E-state index contributed by atoms with van der Waals surface area (Å²) in [6.07, 6.45) is 0. The van der Waals surface area contributed by atoms with E-state index in [0.717, 1.165) is 11.1 Å². The van der Waals surface area contributed by atoms with Crippen molar-refractivity contribution >= 4 is 39.1 Å². The molecule has 0 fully saturated rings. The average molecular weight is 392 g/mol. The van der Waals surface area contributed by atoms with Crippen LogP contribution in [0.15, 0.2) is 30.3 Å². The van der Waals surface area contributed by atoms with Gasteiger partial charge in [-0.15, -0.1) is 0 Å². The molecule has 1 atom stereocenters. The number of aryl methyl sites for hydroxylation is 1. The Kier molecular flexibility index (Phi) is 5.53. The van der Waals surface area contributed by atoms with Crippen molar-refractivity contribution in [2.75, 3.05) is 6.61 Å². The third kappa shape index (κ3) is 3.71. The maximum absolute atomic E-state index is 13.4. The van der Waals surface area contributed by atoms with Gasteiger partial charge in [0, 0.05) is 11.1 Å². The van der Waals surface area contributed by atoms with Crippen LogP contribution in [-0.2, 0) is 0 Å². The molecule has 0 heterocycles. The van der Waals surface area contributed by atoms with Crippen LogP contribution < -0.4 is 4.74 Å². The van der Waals surface area contributed by atoms with Crippen molar-refractivity contribution in [3.63, 3.8) is 0 Å². The van der Waals surface area contributed by atoms with E-state index < -0.39 is 0 Å². The minimum Gasteiger partial charge on any atom is -0.492 e. The molecular formula is C16H14BrCl2FO. The van der Waals surface area contributed by atoms with Gasteiger partial charge >= 0.3 is 0 Å². The molecule has 2 rings (SSSR count). The molecule has 0 spiro atoms. The van der Waals surface area contributed by atoms with Crippen molar-refractivity contribution in [3.05, 3.63) is 62.9 Å². The van der Waals surface area contributed by atoms with Crippen molar-refractivity contribution in [1.82, 2.24) is 0 Å². The third-order valence-corrected chi connectivity index (χ3v) is 4.74. The van der Waals surface area contributed by atoms with Crippen LogP contribution in [0.4, 0.5) is 4.39 Å². The van der Waals surface area contributed by atoms with Gasteiger partial charge in [-0.1, -0.05) is 51.3 Å². The monoisotopic (exact) mass is 390 g/mol. The van der Waals surface area contributed by atoms with Gasteiger partial charge in [0.25, 0.3) is 0 Å². The molecule has 0 amide bonds. The molecule has 1 unspecified atom stereocenters. The molecule has 0 bridgehead atoms. The van der Waals surface area contributed by atoms with Gasteiger partial charge in [-0.3, -0.25) is 0 Å². The highest BCUT2D eigenvalue weighted by Crippen LogP contribution is 2.40. The molecule has 21 heavy (non-hydrogen) atoms. The summed E-state index contributed by atoms with van der Waals surface area (Å²) < 4.78 is 18.8. The molecule has 112 valence electrons. The van der Waals surface area contributed by atoms with E-state index in [4.69, 9.17) is 27.9 Å². The lowest BCUT2D eigenvalue weighted by molar-refractivity contribution is 0.340. The van der Waals surface area contributed by atoms with Crippen LogP contribution in [0.2, 0.25) is 10.0 Å². The van der Waals surface area contributed by atoms with Crippen molar-refractivity contribution in [1.29, 1.82) is 0 Å². The van der Waals surface area contributed by atoms with E-state index in [1.54, 1.807) is 31.2 Å². The van der Waals surface area contributed by atoms with Crippen LogP contribution in [0.3, 0.4) is 0 Å². The maximum atomic E-state index is 13.4. The zero-order valence-electron chi connectivity index (χ0n) is 11.6. The molecule has 0 saturated heterocycles. The Hall–Kier alpha value is -0.770. The van der Waals surface area contributed by atoms with E-state index in [2.05, 4.69) is 15.9 Å². The second kappa shape index (κ2) is 6.99. The summed E-state index contributed by atoms with van der Waals surface area (Å²) in [5.41, 5.74) is 2.32. The van der Waals surface area contributed by atoms with Gasteiger partial charge in [0.1, 0.15) is 11.6 Å². The number of halogens is 4.